The van der Waals surface area contributed by atoms with Gasteiger partial charge in [0.1, 0.15) is 0 Å². The molecule has 0 bridgehead atoms. The van der Waals surface area contributed by atoms with E-state index in [1.807, 2.05) is 18.2 Å². The van der Waals surface area contributed by atoms with E-state index < -0.39 is 0 Å². The third kappa shape index (κ3) is 4.68. The van der Waals surface area contributed by atoms with Crippen LogP contribution in [0.15, 0.2) is 41.5 Å². The van der Waals surface area contributed by atoms with Crippen molar-refractivity contribution >= 4 is 35.9 Å². The predicted octanol–water partition coefficient (Wildman–Crippen LogP) is 4.23. The summed E-state index contributed by atoms with van der Waals surface area (Å²) >= 11 is 5.83. The summed E-state index contributed by atoms with van der Waals surface area (Å²) < 4.78 is 16.0. The van der Waals surface area contributed by atoms with Gasteiger partial charge in [-0.3, -0.25) is 5.43 Å². The molecule has 0 heterocycles. The van der Waals surface area contributed by atoms with Crippen LogP contribution in [0.4, 0.5) is 5.69 Å². The summed E-state index contributed by atoms with van der Waals surface area (Å²) in [5.74, 6) is 1.69. The van der Waals surface area contributed by atoms with Crippen molar-refractivity contribution in [3.63, 3.8) is 0 Å². The van der Waals surface area contributed by atoms with Gasteiger partial charge < -0.3 is 14.2 Å². The zero-order valence-electron chi connectivity index (χ0n) is 13.0. The van der Waals surface area contributed by atoms with E-state index in [0.717, 1.165) is 11.3 Å². The molecule has 5 nitrogen and oxygen atoms in total. The molecule has 0 aliphatic heterocycles. The summed E-state index contributed by atoms with van der Waals surface area (Å²) in [4.78, 5) is 0. The van der Waals surface area contributed by atoms with Crippen molar-refractivity contribution in [2.75, 3.05) is 26.8 Å². The number of nitrogens with one attached hydrogen (secondary N) is 1. The Morgan fingerprint density at radius 3 is 2.13 bits per heavy atom. The molecule has 2 rings (SSSR count). The Morgan fingerprint density at radius 1 is 0.913 bits per heavy atom. The van der Waals surface area contributed by atoms with Crippen molar-refractivity contribution in [3.05, 3.63) is 47.0 Å². The van der Waals surface area contributed by atoms with E-state index in [1.54, 1.807) is 45.7 Å². The maximum atomic E-state index is 5.83. The molecule has 0 spiro atoms. The molecule has 0 aromatic heterocycles. The van der Waals surface area contributed by atoms with Crippen LogP contribution in [-0.2, 0) is 0 Å². The maximum absolute atomic E-state index is 5.83. The van der Waals surface area contributed by atoms with E-state index in [1.165, 1.54) is 0 Å². The SMILES string of the molecule is COc1ccc(C=NNc2ccc(Cl)cc2)c(OC)c1OC.Cl. The first-order valence-corrected chi connectivity index (χ1v) is 6.91. The number of ether oxygens (including phenoxy) is 3. The molecule has 0 fully saturated rings. The number of halogens is 2. The molecular weight excluding hydrogens is 339 g/mol. The molecule has 0 unspecified atom stereocenters. The summed E-state index contributed by atoms with van der Waals surface area (Å²) in [6.45, 7) is 0. The van der Waals surface area contributed by atoms with Gasteiger partial charge in [0.25, 0.3) is 0 Å². The third-order valence-corrected chi connectivity index (χ3v) is 3.23. The first-order chi connectivity index (χ1) is 10.7. The van der Waals surface area contributed by atoms with Gasteiger partial charge in [-0.1, -0.05) is 11.6 Å². The summed E-state index contributed by atoms with van der Waals surface area (Å²) in [6.07, 6.45) is 1.65. The lowest BCUT2D eigenvalue weighted by Gasteiger charge is -2.13. The minimum Gasteiger partial charge on any atom is -0.493 e. The fourth-order valence-electron chi connectivity index (χ4n) is 1.93. The minimum absolute atomic E-state index is 0. The predicted molar refractivity (Wildman–Crippen MR) is 96.0 cm³/mol. The Bertz CT molecular complexity index is 661. The van der Waals surface area contributed by atoms with Crippen LogP contribution in [-0.4, -0.2) is 27.5 Å². The topological polar surface area (TPSA) is 52.1 Å². The average Bonchev–Trinajstić information content (AvgIpc) is 2.55. The largest absolute Gasteiger partial charge is 0.493 e. The van der Waals surface area contributed by atoms with Crippen LogP contribution < -0.4 is 19.6 Å². The number of hydrogen-bond donors (Lipinski definition) is 1. The van der Waals surface area contributed by atoms with Crippen molar-refractivity contribution in [3.8, 4) is 17.2 Å². The minimum atomic E-state index is 0. The first-order valence-electron chi connectivity index (χ1n) is 6.53. The summed E-state index contributed by atoms with van der Waals surface area (Å²) in [7, 11) is 4.71. The van der Waals surface area contributed by atoms with Gasteiger partial charge in [-0.2, -0.15) is 5.10 Å². The quantitative estimate of drug-likeness (QED) is 0.621. The molecule has 0 amide bonds. The molecule has 0 saturated heterocycles. The number of benzene rings is 2. The fraction of sp³-hybridized carbons (Fsp3) is 0.188. The lowest BCUT2D eigenvalue weighted by Crippen LogP contribution is -1.99. The van der Waals surface area contributed by atoms with Crippen LogP contribution in [0.25, 0.3) is 0 Å². The van der Waals surface area contributed by atoms with Crippen LogP contribution in [0.5, 0.6) is 17.2 Å². The van der Waals surface area contributed by atoms with E-state index >= 15 is 0 Å². The number of nitrogens with zero attached hydrogens (tertiary/aromatic N) is 1. The summed E-state index contributed by atoms with van der Waals surface area (Å²) in [5.41, 5.74) is 4.52. The molecule has 7 heteroatoms. The van der Waals surface area contributed by atoms with Gasteiger partial charge in [-0.25, -0.2) is 0 Å². The van der Waals surface area contributed by atoms with Crippen molar-refractivity contribution < 1.29 is 14.2 Å². The molecule has 0 saturated carbocycles. The number of rotatable bonds is 6. The Kier molecular flexibility index (Phi) is 7.51. The molecule has 124 valence electrons. The second-order valence-corrected chi connectivity index (χ2v) is 4.74. The maximum Gasteiger partial charge on any atom is 0.203 e. The molecule has 2 aromatic carbocycles. The average molecular weight is 357 g/mol. The van der Waals surface area contributed by atoms with E-state index in [-0.39, 0.29) is 12.4 Å². The van der Waals surface area contributed by atoms with Gasteiger partial charge >= 0.3 is 0 Å². The van der Waals surface area contributed by atoms with Crippen molar-refractivity contribution in [1.82, 2.24) is 0 Å². The molecule has 0 radical (unpaired) electrons. The standard InChI is InChI=1S/C16H17ClN2O3.ClH/c1-20-14-9-4-11(15(21-2)16(14)22-3)10-18-19-13-7-5-12(17)6-8-13;/h4-10,19H,1-3H3;1H. The van der Waals surface area contributed by atoms with Crippen LogP contribution in [0, 0.1) is 0 Å². The highest BCUT2D eigenvalue weighted by atomic mass is 35.5. The van der Waals surface area contributed by atoms with E-state index in [4.69, 9.17) is 25.8 Å². The smallest absolute Gasteiger partial charge is 0.203 e. The highest BCUT2D eigenvalue weighted by Crippen LogP contribution is 2.38. The lowest BCUT2D eigenvalue weighted by atomic mass is 10.2. The highest BCUT2D eigenvalue weighted by Gasteiger charge is 2.14. The fourth-order valence-corrected chi connectivity index (χ4v) is 2.05. The third-order valence-electron chi connectivity index (χ3n) is 2.98. The lowest BCUT2D eigenvalue weighted by molar-refractivity contribution is 0.324. The summed E-state index contributed by atoms with van der Waals surface area (Å²) in [6, 6.07) is 10.9. The number of anilines is 1. The van der Waals surface area contributed by atoms with Crippen LogP contribution in [0.1, 0.15) is 5.56 Å². The van der Waals surface area contributed by atoms with E-state index in [2.05, 4.69) is 10.5 Å². The van der Waals surface area contributed by atoms with E-state index in [9.17, 15) is 0 Å². The molecular formula is C16H18Cl2N2O3. The van der Waals surface area contributed by atoms with Crippen LogP contribution in [0.2, 0.25) is 5.02 Å². The Balaban J connectivity index is 0.00000264. The molecule has 0 aliphatic carbocycles. The summed E-state index contributed by atoms with van der Waals surface area (Å²) in [5, 5.41) is 4.86. The van der Waals surface area contributed by atoms with Gasteiger partial charge in [0.05, 0.1) is 33.2 Å². The second-order valence-electron chi connectivity index (χ2n) is 4.30. The normalized spacial score (nSPS) is 10.1. The monoisotopic (exact) mass is 356 g/mol. The Hall–Kier alpha value is -2.11. The molecule has 23 heavy (non-hydrogen) atoms. The molecule has 1 N–H and O–H groups in total. The van der Waals surface area contributed by atoms with E-state index in [0.29, 0.717) is 22.3 Å². The Labute approximate surface area is 146 Å². The van der Waals surface area contributed by atoms with Gasteiger partial charge in [-0.05, 0) is 36.4 Å². The van der Waals surface area contributed by atoms with Crippen LogP contribution in [0.3, 0.4) is 0 Å². The van der Waals surface area contributed by atoms with Gasteiger partial charge in [0, 0.05) is 10.6 Å². The van der Waals surface area contributed by atoms with Crippen molar-refractivity contribution in [1.29, 1.82) is 0 Å². The van der Waals surface area contributed by atoms with Gasteiger partial charge in [-0.15, -0.1) is 12.4 Å². The van der Waals surface area contributed by atoms with Gasteiger partial charge in [0.2, 0.25) is 5.75 Å². The Morgan fingerprint density at radius 2 is 1.57 bits per heavy atom. The zero-order valence-corrected chi connectivity index (χ0v) is 14.6. The molecule has 0 atom stereocenters. The number of hydrazone groups is 1. The van der Waals surface area contributed by atoms with Crippen molar-refractivity contribution in [2.24, 2.45) is 5.10 Å². The highest BCUT2D eigenvalue weighted by molar-refractivity contribution is 6.30. The second kappa shape index (κ2) is 9.12. The molecule has 0 aliphatic rings. The number of methoxy groups -OCH3 is 3. The number of hydrogen-bond acceptors (Lipinski definition) is 5. The van der Waals surface area contributed by atoms with Gasteiger partial charge in [0.15, 0.2) is 11.5 Å². The zero-order chi connectivity index (χ0) is 15.9. The first kappa shape index (κ1) is 18.9. The van der Waals surface area contributed by atoms with Crippen LogP contribution >= 0.6 is 24.0 Å². The molecule has 2 aromatic rings. The van der Waals surface area contributed by atoms with Crippen molar-refractivity contribution in [2.45, 2.75) is 0 Å².